The van der Waals surface area contributed by atoms with E-state index in [4.69, 9.17) is 11.6 Å². The van der Waals surface area contributed by atoms with Crippen LogP contribution in [0.5, 0.6) is 0 Å². The first-order valence-corrected chi connectivity index (χ1v) is 6.93. The molecule has 1 spiro atoms. The van der Waals surface area contributed by atoms with E-state index < -0.39 is 11.6 Å². The Balaban J connectivity index is 1.82. The molecule has 1 aromatic rings. The highest BCUT2D eigenvalue weighted by Crippen LogP contribution is 2.25. The Kier molecular flexibility index (Phi) is 3.29. The lowest BCUT2D eigenvalue weighted by Crippen LogP contribution is -2.59. The van der Waals surface area contributed by atoms with Crippen LogP contribution in [-0.2, 0) is 4.79 Å². The van der Waals surface area contributed by atoms with Crippen LogP contribution in [0.1, 0.15) is 23.3 Å². The predicted octanol–water partition coefficient (Wildman–Crippen LogP) is 0.549. The van der Waals surface area contributed by atoms with Crippen molar-refractivity contribution in [3.05, 3.63) is 29.0 Å². The SMILES string of the molecule is O=C1NC(=O)C2(CCCN(C(=O)c3cccc(Cl)n3)C2)N1. The summed E-state index contributed by atoms with van der Waals surface area (Å²) >= 11 is 5.79. The zero-order valence-corrected chi connectivity index (χ0v) is 11.8. The van der Waals surface area contributed by atoms with E-state index in [0.29, 0.717) is 19.4 Å². The lowest BCUT2D eigenvalue weighted by molar-refractivity contribution is -0.125. The Labute approximate surface area is 125 Å². The molecule has 2 aliphatic heterocycles. The van der Waals surface area contributed by atoms with Crippen molar-refractivity contribution >= 4 is 29.4 Å². The average Bonchev–Trinajstić information content (AvgIpc) is 2.72. The van der Waals surface area contributed by atoms with E-state index in [9.17, 15) is 14.4 Å². The summed E-state index contributed by atoms with van der Waals surface area (Å²) < 4.78 is 0. The molecule has 3 heterocycles. The predicted molar refractivity (Wildman–Crippen MR) is 73.8 cm³/mol. The summed E-state index contributed by atoms with van der Waals surface area (Å²) in [6.07, 6.45) is 1.14. The molecule has 2 aliphatic rings. The second kappa shape index (κ2) is 5.00. The Morgan fingerprint density at radius 3 is 2.86 bits per heavy atom. The van der Waals surface area contributed by atoms with Crippen molar-refractivity contribution in [2.24, 2.45) is 0 Å². The van der Waals surface area contributed by atoms with Gasteiger partial charge >= 0.3 is 6.03 Å². The molecule has 0 aromatic carbocycles. The third-order valence-corrected chi connectivity index (χ3v) is 3.94. The summed E-state index contributed by atoms with van der Waals surface area (Å²) in [5.74, 6) is -0.686. The van der Waals surface area contributed by atoms with Crippen LogP contribution < -0.4 is 10.6 Å². The molecular weight excluding hydrogens is 296 g/mol. The minimum Gasteiger partial charge on any atom is -0.334 e. The van der Waals surface area contributed by atoms with Crippen LogP contribution in [0.4, 0.5) is 4.79 Å². The molecule has 3 rings (SSSR count). The van der Waals surface area contributed by atoms with Gasteiger partial charge in [-0.1, -0.05) is 17.7 Å². The van der Waals surface area contributed by atoms with E-state index >= 15 is 0 Å². The minimum atomic E-state index is -1.02. The first-order chi connectivity index (χ1) is 10.00. The van der Waals surface area contributed by atoms with Gasteiger partial charge in [-0.05, 0) is 25.0 Å². The van der Waals surface area contributed by atoms with Gasteiger partial charge in [0.05, 0.1) is 6.54 Å². The second-order valence-corrected chi connectivity index (χ2v) is 5.55. The van der Waals surface area contributed by atoms with Gasteiger partial charge in [-0.3, -0.25) is 14.9 Å². The zero-order valence-electron chi connectivity index (χ0n) is 11.1. The molecule has 4 amide bonds. The van der Waals surface area contributed by atoms with Crippen molar-refractivity contribution in [3.8, 4) is 0 Å². The van der Waals surface area contributed by atoms with Crippen LogP contribution in [-0.4, -0.2) is 46.4 Å². The van der Waals surface area contributed by atoms with Gasteiger partial charge in [0.2, 0.25) is 0 Å². The number of aromatic nitrogens is 1. The van der Waals surface area contributed by atoms with Crippen LogP contribution in [0.2, 0.25) is 5.15 Å². The second-order valence-electron chi connectivity index (χ2n) is 5.17. The number of carbonyl (C=O) groups excluding carboxylic acids is 3. The fourth-order valence-corrected chi connectivity index (χ4v) is 2.90. The van der Waals surface area contributed by atoms with Gasteiger partial charge in [-0.25, -0.2) is 9.78 Å². The molecule has 0 bridgehead atoms. The summed E-state index contributed by atoms with van der Waals surface area (Å²) in [4.78, 5) is 41.2. The summed E-state index contributed by atoms with van der Waals surface area (Å²) in [5.41, 5.74) is -0.798. The number of halogens is 1. The molecular formula is C13H13ClN4O3. The molecule has 0 aliphatic carbocycles. The molecule has 2 N–H and O–H groups in total. The molecule has 2 fully saturated rings. The molecule has 110 valence electrons. The number of imide groups is 1. The number of amides is 4. The quantitative estimate of drug-likeness (QED) is 0.585. The van der Waals surface area contributed by atoms with Crippen LogP contribution in [0.3, 0.4) is 0 Å². The number of carbonyl (C=O) groups is 3. The van der Waals surface area contributed by atoms with Gasteiger partial charge in [-0.2, -0.15) is 0 Å². The molecule has 0 saturated carbocycles. The van der Waals surface area contributed by atoms with Gasteiger partial charge in [0, 0.05) is 6.54 Å². The maximum atomic E-state index is 12.4. The largest absolute Gasteiger partial charge is 0.334 e. The first-order valence-electron chi connectivity index (χ1n) is 6.56. The maximum Gasteiger partial charge on any atom is 0.322 e. The van der Waals surface area contributed by atoms with Gasteiger partial charge in [0.25, 0.3) is 11.8 Å². The molecule has 1 atom stereocenters. The fraction of sp³-hybridized carbons (Fsp3) is 0.385. The lowest BCUT2D eigenvalue weighted by atomic mass is 9.89. The molecule has 2 saturated heterocycles. The maximum absolute atomic E-state index is 12.4. The molecule has 0 radical (unpaired) electrons. The average molecular weight is 309 g/mol. The Hall–Kier alpha value is -2.15. The molecule has 1 aromatic heterocycles. The Bertz CT molecular complexity index is 636. The number of hydrogen-bond donors (Lipinski definition) is 2. The number of urea groups is 1. The number of hydrogen-bond acceptors (Lipinski definition) is 4. The minimum absolute atomic E-state index is 0.137. The zero-order chi connectivity index (χ0) is 15.0. The van der Waals surface area contributed by atoms with Crippen LogP contribution >= 0.6 is 11.6 Å². The third-order valence-electron chi connectivity index (χ3n) is 3.73. The van der Waals surface area contributed by atoms with E-state index in [2.05, 4.69) is 15.6 Å². The summed E-state index contributed by atoms with van der Waals surface area (Å²) in [5, 5.41) is 5.08. The van der Waals surface area contributed by atoms with Crippen LogP contribution in [0, 0.1) is 0 Å². The molecule has 8 heteroatoms. The number of likely N-dealkylation sites (tertiary alicyclic amines) is 1. The van der Waals surface area contributed by atoms with Crippen molar-refractivity contribution in [2.75, 3.05) is 13.1 Å². The first kappa shape index (κ1) is 13.8. The van der Waals surface area contributed by atoms with Crippen molar-refractivity contribution in [2.45, 2.75) is 18.4 Å². The summed E-state index contributed by atoms with van der Waals surface area (Å²) in [6, 6.07) is 4.28. The van der Waals surface area contributed by atoms with Gasteiger partial charge in [0.1, 0.15) is 16.4 Å². The monoisotopic (exact) mass is 308 g/mol. The van der Waals surface area contributed by atoms with Crippen LogP contribution in [0.15, 0.2) is 18.2 Å². The topological polar surface area (TPSA) is 91.4 Å². The Morgan fingerprint density at radius 1 is 1.38 bits per heavy atom. The number of pyridine rings is 1. The van der Waals surface area contributed by atoms with E-state index in [1.165, 1.54) is 4.90 Å². The normalized spacial score (nSPS) is 24.9. The molecule has 21 heavy (non-hydrogen) atoms. The highest BCUT2D eigenvalue weighted by molar-refractivity contribution is 6.29. The summed E-state index contributed by atoms with van der Waals surface area (Å²) in [7, 11) is 0. The highest BCUT2D eigenvalue weighted by atomic mass is 35.5. The van der Waals surface area contributed by atoms with E-state index in [1.807, 2.05) is 0 Å². The van der Waals surface area contributed by atoms with E-state index in [-0.39, 0.29) is 29.2 Å². The number of rotatable bonds is 1. The third kappa shape index (κ3) is 2.44. The van der Waals surface area contributed by atoms with Gasteiger partial charge < -0.3 is 10.2 Å². The van der Waals surface area contributed by atoms with Crippen molar-refractivity contribution in [1.29, 1.82) is 0 Å². The number of nitrogens with zero attached hydrogens (tertiary/aromatic N) is 2. The van der Waals surface area contributed by atoms with Crippen molar-refractivity contribution < 1.29 is 14.4 Å². The van der Waals surface area contributed by atoms with Gasteiger partial charge in [0.15, 0.2) is 0 Å². The highest BCUT2D eigenvalue weighted by Gasteiger charge is 2.49. The fourth-order valence-electron chi connectivity index (χ4n) is 2.73. The molecule has 1 unspecified atom stereocenters. The smallest absolute Gasteiger partial charge is 0.322 e. The van der Waals surface area contributed by atoms with E-state index in [1.54, 1.807) is 18.2 Å². The van der Waals surface area contributed by atoms with Crippen LogP contribution in [0.25, 0.3) is 0 Å². The molecule has 7 nitrogen and oxygen atoms in total. The van der Waals surface area contributed by atoms with Crippen molar-refractivity contribution in [1.82, 2.24) is 20.5 Å². The lowest BCUT2D eigenvalue weighted by Gasteiger charge is -2.37. The van der Waals surface area contributed by atoms with Gasteiger partial charge in [-0.15, -0.1) is 0 Å². The summed E-state index contributed by atoms with van der Waals surface area (Å²) in [6.45, 7) is 0.648. The standard InChI is InChI=1S/C13H13ClN4O3/c14-9-4-1-3-8(15-9)10(19)18-6-2-5-13(7-18)11(20)16-12(21)17-13/h1,3-4H,2,5-7H2,(H2,16,17,20,21). The van der Waals surface area contributed by atoms with E-state index in [0.717, 1.165) is 0 Å². The Morgan fingerprint density at radius 2 is 2.19 bits per heavy atom. The van der Waals surface area contributed by atoms with Crippen molar-refractivity contribution in [3.63, 3.8) is 0 Å². The number of nitrogens with one attached hydrogen (secondary N) is 2. The number of piperidine rings is 1.